The lowest BCUT2D eigenvalue weighted by molar-refractivity contribution is 0.00666. The molecule has 2 aromatic rings. The third-order valence-corrected chi connectivity index (χ3v) is 6.95. The SMILES string of the molecule is O=S1C2CCCC1CC(O)(c1ccc3occc3c1)C2. The Hall–Kier alpha value is -1.13. The molecule has 3 heterocycles. The van der Waals surface area contributed by atoms with Crippen LogP contribution in [-0.4, -0.2) is 19.8 Å². The fourth-order valence-electron chi connectivity index (χ4n) is 3.77. The van der Waals surface area contributed by atoms with Gasteiger partial charge in [0.25, 0.3) is 0 Å². The number of fused-ring (bicyclic) bond motifs is 3. The monoisotopic (exact) mass is 290 g/mol. The van der Waals surface area contributed by atoms with Gasteiger partial charge in [0.15, 0.2) is 0 Å². The molecule has 2 aliphatic rings. The van der Waals surface area contributed by atoms with Crippen LogP contribution in [0.1, 0.15) is 37.7 Å². The summed E-state index contributed by atoms with van der Waals surface area (Å²) in [5, 5.41) is 12.4. The second kappa shape index (κ2) is 4.43. The van der Waals surface area contributed by atoms with Crippen LogP contribution >= 0.6 is 0 Å². The summed E-state index contributed by atoms with van der Waals surface area (Å²) in [6.07, 6.45) is 6.04. The molecule has 3 nitrogen and oxygen atoms in total. The van der Waals surface area contributed by atoms with E-state index >= 15 is 0 Å². The van der Waals surface area contributed by atoms with E-state index in [-0.39, 0.29) is 10.5 Å². The maximum Gasteiger partial charge on any atom is 0.133 e. The zero-order valence-electron chi connectivity index (χ0n) is 11.2. The van der Waals surface area contributed by atoms with Crippen molar-refractivity contribution in [3.05, 3.63) is 36.1 Å². The third-order valence-electron chi connectivity index (χ3n) is 4.83. The molecular formula is C16H18O3S. The number of hydrogen-bond donors (Lipinski definition) is 1. The number of benzene rings is 1. The summed E-state index contributed by atoms with van der Waals surface area (Å²) >= 11 is 0. The second-order valence-electron chi connectivity index (χ2n) is 6.12. The predicted octanol–water partition coefficient (Wildman–Crippen LogP) is 3.08. The lowest BCUT2D eigenvalue weighted by Gasteiger charge is -2.43. The minimum absolute atomic E-state index is 0.160. The molecule has 1 N–H and O–H groups in total. The Morgan fingerprint density at radius 3 is 2.70 bits per heavy atom. The third kappa shape index (κ3) is 1.85. The van der Waals surface area contributed by atoms with Gasteiger partial charge in [-0.05, 0) is 49.4 Å². The van der Waals surface area contributed by atoms with Crippen LogP contribution < -0.4 is 0 Å². The van der Waals surface area contributed by atoms with Crippen LogP contribution in [0.15, 0.2) is 34.9 Å². The van der Waals surface area contributed by atoms with Crippen LogP contribution in [0.4, 0.5) is 0 Å². The minimum atomic E-state index is -0.824. The summed E-state index contributed by atoms with van der Waals surface area (Å²) in [6.45, 7) is 0. The average molecular weight is 290 g/mol. The van der Waals surface area contributed by atoms with Gasteiger partial charge in [-0.1, -0.05) is 12.5 Å². The summed E-state index contributed by atoms with van der Waals surface area (Å²) < 4.78 is 17.6. The van der Waals surface area contributed by atoms with Crippen LogP contribution in [0, 0.1) is 0 Å². The quantitative estimate of drug-likeness (QED) is 0.878. The fraction of sp³-hybridized carbons (Fsp3) is 0.500. The van der Waals surface area contributed by atoms with E-state index in [0.717, 1.165) is 35.8 Å². The smallest absolute Gasteiger partial charge is 0.133 e. The lowest BCUT2D eigenvalue weighted by Crippen LogP contribution is -2.47. The molecular weight excluding hydrogens is 272 g/mol. The van der Waals surface area contributed by atoms with Crippen molar-refractivity contribution in [1.82, 2.24) is 0 Å². The highest BCUT2D eigenvalue weighted by Crippen LogP contribution is 2.44. The highest BCUT2D eigenvalue weighted by atomic mass is 32.2. The van der Waals surface area contributed by atoms with E-state index < -0.39 is 16.4 Å². The Morgan fingerprint density at radius 2 is 1.95 bits per heavy atom. The fourth-order valence-corrected chi connectivity index (χ4v) is 6.00. The van der Waals surface area contributed by atoms with Crippen LogP contribution in [-0.2, 0) is 16.4 Å². The first kappa shape index (κ1) is 12.6. The van der Waals surface area contributed by atoms with Crippen molar-refractivity contribution >= 4 is 21.8 Å². The summed E-state index contributed by atoms with van der Waals surface area (Å²) in [6, 6.07) is 7.81. The number of furan rings is 1. The Kier molecular flexibility index (Phi) is 2.79. The van der Waals surface area contributed by atoms with E-state index in [4.69, 9.17) is 4.42 Å². The molecule has 1 aromatic heterocycles. The lowest BCUT2D eigenvalue weighted by atomic mass is 9.80. The standard InChI is InChI=1S/C16H18O3S/c17-16(9-13-2-1-3-14(10-16)20(13)18)12-4-5-15-11(8-12)6-7-19-15/h4-8,13-14,17H,1-3,9-10H2. The number of hydrogen-bond acceptors (Lipinski definition) is 3. The van der Waals surface area contributed by atoms with Gasteiger partial charge in [-0.15, -0.1) is 0 Å². The van der Waals surface area contributed by atoms with E-state index in [9.17, 15) is 9.32 Å². The summed E-state index contributed by atoms with van der Waals surface area (Å²) in [5.41, 5.74) is 0.965. The second-order valence-corrected chi connectivity index (χ2v) is 8.11. The van der Waals surface area contributed by atoms with Crippen molar-refractivity contribution in [3.63, 3.8) is 0 Å². The molecule has 20 heavy (non-hydrogen) atoms. The first-order valence-electron chi connectivity index (χ1n) is 7.25. The van der Waals surface area contributed by atoms with Crippen LogP contribution in [0.5, 0.6) is 0 Å². The molecule has 106 valence electrons. The Labute approximate surface area is 120 Å². The van der Waals surface area contributed by atoms with E-state index in [1.165, 1.54) is 0 Å². The number of aliphatic hydroxyl groups is 1. The van der Waals surface area contributed by atoms with Gasteiger partial charge in [0, 0.05) is 26.7 Å². The van der Waals surface area contributed by atoms with E-state index in [1.54, 1.807) is 6.26 Å². The van der Waals surface area contributed by atoms with Gasteiger partial charge in [0.2, 0.25) is 0 Å². The van der Waals surface area contributed by atoms with Crippen molar-refractivity contribution in [1.29, 1.82) is 0 Å². The zero-order valence-corrected chi connectivity index (χ0v) is 12.1. The first-order valence-corrected chi connectivity index (χ1v) is 8.53. The molecule has 0 amide bonds. The van der Waals surface area contributed by atoms with Crippen molar-refractivity contribution in [2.75, 3.05) is 0 Å². The largest absolute Gasteiger partial charge is 0.464 e. The molecule has 0 radical (unpaired) electrons. The molecule has 2 saturated heterocycles. The van der Waals surface area contributed by atoms with E-state index in [2.05, 4.69) is 0 Å². The average Bonchev–Trinajstić information content (AvgIpc) is 2.88. The van der Waals surface area contributed by atoms with Crippen molar-refractivity contribution in [3.8, 4) is 0 Å². The first-order chi connectivity index (χ1) is 9.66. The van der Waals surface area contributed by atoms with E-state index in [0.29, 0.717) is 12.8 Å². The normalized spacial score (nSPS) is 37.1. The Balaban J connectivity index is 1.74. The van der Waals surface area contributed by atoms with Gasteiger partial charge in [-0.2, -0.15) is 0 Å². The Morgan fingerprint density at radius 1 is 1.20 bits per heavy atom. The Bertz CT molecular complexity index is 659. The van der Waals surface area contributed by atoms with Crippen molar-refractivity contribution in [2.45, 2.75) is 48.2 Å². The highest BCUT2D eigenvalue weighted by Gasteiger charge is 2.46. The maximum atomic E-state index is 12.3. The van der Waals surface area contributed by atoms with Gasteiger partial charge >= 0.3 is 0 Å². The van der Waals surface area contributed by atoms with Gasteiger partial charge < -0.3 is 9.52 Å². The molecule has 2 fully saturated rings. The van der Waals surface area contributed by atoms with Crippen LogP contribution in [0.2, 0.25) is 0 Å². The van der Waals surface area contributed by atoms with Crippen LogP contribution in [0.3, 0.4) is 0 Å². The van der Waals surface area contributed by atoms with Gasteiger partial charge in [0.05, 0.1) is 11.9 Å². The maximum absolute atomic E-state index is 12.3. The molecule has 2 unspecified atom stereocenters. The van der Waals surface area contributed by atoms with Gasteiger partial charge in [-0.25, -0.2) is 0 Å². The molecule has 2 atom stereocenters. The molecule has 2 aliphatic heterocycles. The summed E-state index contributed by atoms with van der Waals surface area (Å²) in [5.74, 6) is 0. The predicted molar refractivity (Wildman–Crippen MR) is 78.9 cm³/mol. The topological polar surface area (TPSA) is 50.4 Å². The molecule has 4 rings (SSSR count). The molecule has 0 saturated carbocycles. The van der Waals surface area contributed by atoms with Crippen LogP contribution in [0.25, 0.3) is 11.0 Å². The molecule has 4 heteroatoms. The highest BCUT2D eigenvalue weighted by molar-refractivity contribution is 7.86. The molecule has 2 bridgehead atoms. The van der Waals surface area contributed by atoms with Gasteiger partial charge in [-0.3, -0.25) is 4.21 Å². The summed E-state index contributed by atoms with van der Waals surface area (Å²) in [7, 11) is -0.754. The number of rotatable bonds is 1. The van der Waals surface area contributed by atoms with Gasteiger partial charge in [0.1, 0.15) is 5.58 Å². The van der Waals surface area contributed by atoms with Crippen molar-refractivity contribution in [2.24, 2.45) is 0 Å². The molecule has 0 spiro atoms. The molecule has 0 aliphatic carbocycles. The molecule has 1 aromatic carbocycles. The van der Waals surface area contributed by atoms with Crippen molar-refractivity contribution < 1.29 is 13.7 Å². The summed E-state index contributed by atoms with van der Waals surface area (Å²) in [4.78, 5) is 0. The zero-order chi connectivity index (χ0) is 13.7. The minimum Gasteiger partial charge on any atom is -0.464 e. The van der Waals surface area contributed by atoms with E-state index in [1.807, 2.05) is 24.3 Å².